The van der Waals surface area contributed by atoms with Crippen LogP contribution in [0, 0.1) is 0 Å². The van der Waals surface area contributed by atoms with Crippen LogP contribution in [0.25, 0.3) is 0 Å². The van der Waals surface area contributed by atoms with E-state index in [1.54, 1.807) is 0 Å². The maximum atomic E-state index is 10.8. The maximum Gasteiger partial charge on any atom is 0.325 e. The number of carboxylic acids is 1. The molecule has 0 aromatic carbocycles. The van der Waals surface area contributed by atoms with E-state index in [9.17, 15) is 9.59 Å². The third-order valence-electron chi connectivity index (χ3n) is 1.25. The van der Waals surface area contributed by atoms with Gasteiger partial charge in [0.2, 0.25) is 0 Å². The molecule has 0 bridgehead atoms. The van der Waals surface area contributed by atoms with E-state index in [-0.39, 0.29) is 12.8 Å². The topological polar surface area (TPSA) is 75.6 Å². The van der Waals surface area contributed by atoms with Crippen molar-refractivity contribution in [2.75, 3.05) is 0 Å². The summed E-state index contributed by atoms with van der Waals surface area (Å²) in [5.74, 6) is -1.42. The van der Waals surface area contributed by atoms with E-state index < -0.39 is 18.0 Å². The first kappa shape index (κ1) is 11.8. The highest BCUT2D eigenvalue weighted by molar-refractivity contribution is 7.14. The van der Waals surface area contributed by atoms with Crippen molar-refractivity contribution in [1.82, 2.24) is 5.09 Å². The third-order valence-corrected chi connectivity index (χ3v) is 1.88. The summed E-state index contributed by atoms with van der Waals surface area (Å²) in [6.45, 7) is 0. The first-order valence-corrected chi connectivity index (χ1v) is 4.25. The fourth-order valence-electron chi connectivity index (χ4n) is 0.619. The van der Waals surface area contributed by atoms with Crippen LogP contribution >= 0.6 is 18.9 Å². The Morgan fingerprint density at radius 1 is 1.58 bits per heavy atom. The van der Waals surface area contributed by atoms with E-state index in [2.05, 4.69) is 19.0 Å². The van der Waals surface area contributed by atoms with Crippen molar-refractivity contribution < 1.29 is 19.2 Å². The van der Waals surface area contributed by atoms with Crippen LogP contribution in [0.15, 0.2) is 0 Å². The lowest BCUT2D eigenvalue weighted by atomic mass is 10.2. The molecule has 0 radical (unpaired) electrons. The fourth-order valence-corrected chi connectivity index (χ4v) is 1.09. The Balaban J connectivity index is 3.83. The lowest BCUT2D eigenvalue weighted by Gasteiger charge is -2.10. The van der Waals surface area contributed by atoms with E-state index in [0.717, 1.165) is 0 Å². The molecule has 0 fully saturated rings. The van der Waals surface area contributed by atoms with Gasteiger partial charge >= 0.3 is 11.9 Å². The highest BCUT2D eigenvalue weighted by atomic mass is 31.0. The molecule has 2 N–H and O–H groups in total. The summed E-state index contributed by atoms with van der Waals surface area (Å²) in [5.41, 5.74) is 0. The van der Waals surface area contributed by atoms with Crippen LogP contribution in [0.5, 0.6) is 0 Å². The molecule has 0 aliphatic heterocycles. The van der Waals surface area contributed by atoms with E-state index >= 15 is 0 Å². The lowest BCUT2D eigenvalue weighted by Crippen LogP contribution is -2.31. The SMILES string of the molecule is O=C(O)CCC(NP)C(=O)OP. The minimum Gasteiger partial charge on any atom is -0.481 e. The van der Waals surface area contributed by atoms with Gasteiger partial charge in [-0.2, -0.15) is 0 Å². The van der Waals surface area contributed by atoms with Crippen molar-refractivity contribution in [3.63, 3.8) is 0 Å². The Hall–Kier alpha value is -0.240. The van der Waals surface area contributed by atoms with Crippen molar-refractivity contribution >= 4 is 30.8 Å². The predicted molar refractivity (Wildman–Crippen MR) is 49.3 cm³/mol. The van der Waals surface area contributed by atoms with Gasteiger partial charge in [0, 0.05) is 6.42 Å². The van der Waals surface area contributed by atoms with Crippen molar-refractivity contribution in [3.8, 4) is 0 Å². The van der Waals surface area contributed by atoms with Crippen LogP contribution in [-0.2, 0) is 14.1 Å². The molecular formula is C5H11NO4P2. The Bertz CT molecular complexity index is 175. The molecule has 0 aliphatic carbocycles. The monoisotopic (exact) mass is 211 g/mol. The van der Waals surface area contributed by atoms with Crippen LogP contribution in [-0.4, -0.2) is 23.1 Å². The second kappa shape index (κ2) is 6.30. The zero-order valence-electron chi connectivity index (χ0n) is 6.32. The van der Waals surface area contributed by atoms with E-state index in [4.69, 9.17) is 5.11 Å². The van der Waals surface area contributed by atoms with Crippen LogP contribution in [0.4, 0.5) is 0 Å². The smallest absolute Gasteiger partial charge is 0.325 e. The van der Waals surface area contributed by atoms with Gasteiger partial charge in [0.25, 0.3) is 0 Å². The second-order valence-corrected chi connectivity index (χ2v) is 2.66. The molecule has 7 heteroatoms. The van der Waals surface area contributed by atoms with Gasteiger partial charge in [-0.15, -0.1) is 0 Å². The molecule has 0 heterocycles. The van der Waals surface area contributed by atoms with Crippen molar-refractivity contribution in [3.05, 3.63) is 0 Å². The Morgan fingerprint density at radius 3 is 2.50 bits per heavy atom. The van der Waals surface area contributed by atoms with E-state index in [0.29, 0.717) is 0 Å². The summed E-state index contributed by atoms with van der Waals surface area (Å²) in [6.07, 6.45) is 0.151. The molecule has 0 aromatic rings. The number of hydrogen-bond donors (Lipinski definition) is 2. The number of carboxylic acid groups (broad SMARTS) is 1. The Kier molecular flexibility index (Phi) is 6.17. The molecule has 3 unspecified atom stereocenters. The van der Waals surface area contributed by atoms with Crippen LogP contribution in [0.1, 0.15) is 12.8 Å². The molecule has 12 heavy (non-hydrogen) atoms. The van der Waals surface area contributed by atoms with Crippen LogP contribution in [0.2, 0.25) is 0 Å². The third kappa shape index (κ3) is 4.60. The molecule has 0 aromatic heterocycles. The number of hydrogen-bond acceptors (Lipinski definition) is 4. The molecule has 0 rings (SSSR count). The number of nitrogens with one attached hydrogen (secondary N) is 1. The zero-order chi connectivity index (χ0) is 9.56. The van der Waals surface area contributed by atoms with Gasteiger partial charge in [0.1, 0.15) is 6.04 Å². The summed E-state index contributed by atoms with van der Waals surface area (Å²) in [6, 6.07) is -0.580. The van der Waals surface area contributed by atoms with Crippen molar-refractivity contribution in [2.24, 2.45) is 0 Å². The minimum absolute atomic E-state index is 0.0637. The molecule has 0 saturated heterocycles. The van der Waals surface area contributed by atoms with Crippen LogP contribution < -0.4 is 5.09 Å². The number of aliphatic carboxylic acids is 1. The van der Waals surface area contributed by atoms with Gasteiger partial charge in [0.15, 0.2) is 0 Å². The highest BCUT2D eigenvalue weighted by Crippen LogP contribution is 2.03. The summed E-state index contributed by atoms with van der Waals surface area (Å²) in [7, 11) is 3.96. The van der Waals surface area contributed by atoms with Gasteiger partial charge in [0.05, 0.1) is 9.47 Å². The standard InChI is InChI=1S/C5H11NO4P2/c7-4(8)2-1-3(6-11)5(9)10-12/h3,6H,1-2,11-12H2,(H,7,8). The molecule has 3 atom stereocenters. The number of carbonyl (C=O) groups is 2. The Labute approximate surface area is 74.8 Å². The summed E-state index contributed by atoms with van der Waals surface area (Å²) >= 11 is 0. The molecule has 70 valence electrons. The average molecular weight is 211 g/mol. The van der Waals surface area contributed by atoms with Gasteiger partial charge < -0.3 is 9.63 Å². The van der Waals surface area contributed by atoms with Gasteiger partial charge in [-0.05, 0) is 6.42 Å². The average Bonchev–Trinajstić information content (AvgIpc) is 2.04. The molecule has 0 saturated carbocycles. The summed E-state index contributed by atoms with van der Waals surface area (Å²) in [4.78, 5) is 21.0. The largest absolute Gasteiger partial charge is 0.481 e. The molecule has 0 spiro atoms. The van der Waals surface area contributed by atoms with Gasteiger partial charge in [-0.1, -0.05) is 9.39 Å². The highest BCUT2D eigenvalue weighted by Gasteiger charge is 2.17. The summed E-state index contributed by atoms with van der Waals surface area (Å²) in [5, 5.41) is 10.9. The van der Waals surface area contributed by atoms with Crippen LogP contribution in [0.3, 0.4) is 0 Å². The molecule has 5 nitrogen and oxygen atoms in total. The van der Waals surface area contributed by atoms with E-state index in [1.165, 1.54) is 0 Å². The van der Waals surface area contributed by atoms with Crippen molar-refractivity contribution in [2.45, 2.75) is 18.9 Å². The Morgan fingerprint density at radius 2 is 2.17 bits per heavy atom. The molecule has 0 amide bonds. The minimum atomic E-state index is -0.934. The van der Waals surface area contributed by atoms with E-state index in [1.807, 2.05) is 9.47 Å². The number of rotatable bonds is 5. The second-order valence-electron chi connectivity index (χ2n) is 2.09. The summed E-state index contributed by atoms with van der Waals surface area (Å²) < 4.78 is 4.34. The lowest BCUT2D eigenvalue weighted by molar-refractivity contribution is -0.138. The normalized spacial score (nSPS) is 12.2. The first-order valence-electron chi connectivity index (χ1n) is 3.20. The number of carbonyl (C=O) groups excluding carboxylic acids is 1. The maximum absolute atomic E-state index is 10.8. The first-order chi connectivity index (χ1) is 5.61. The van der Waals surface area contributed by atoms with Gasteiger partial charge in [-0.25, -0.2) is 0 Å². The molecule has 0 aliphatic rings. The van der Waals surface area contributed by atoms with Gasteiger partial charge in [-0.3, -0.25) is 14.7 Å². The molecular weight excluding hydrogens is 200 g/mol. The van der Waals surface area contributed by atoms with Crippen molar-refractivity contribution in [1.29, 1.82) is 0 Å². The zero-order valence-corrected chi connectivity index (χ0v) is 8.63. The quantitative estimate of drug-likeness (QED) is 0.622. The fraction of sp³-hybridized carbons (Fsp3) is 0.600. The predicted octanol–water partition coefficient (Wildman–Crippen LogP) is -0.0672.